The van der Waals surface area contributed by atoms with Crippen molar-refractivity contribution in [3.63, 3.8) is 0 Å². The number of benzene rings is 1. The Morgan fingerprint density at radius 2 is 1.82 bits per heavy atom. The van der Waals surface area contributed by atoms with Crippen LogP contribution in [0, 0.1) is 0 Å². The maximum absolute atomic E-state index is 12.3. The van der Waals surface area contributed by atoms with Gasteiger partial charge in [-0.25, -0.2) is 9.78 Å². The van der Waals surface area contributed by atoms with Gasteiger partial charge in [0.05, 0.1) is 5.52 Å². The third-order valence-corrected chi connectivity index (χ3v) is 6.82. The molecule has 0 unspecified atom stereocenters. The number of pyridine rings is 1. The van der Waals surface area contributed by atoms with E-state index >= 15 is 0 Å². The summed E-state index contributed by atoms with van der Waals surface area (Å²) in [6.45, 7) is 14.6. The molecule has 2 fully saturated rings. The van der Waals surface area contributed by atoms with E-state index in [-0.39, 0.29) is 6.09 Å². The largest absolute Gasteiger partial charge is 0.444 e. The van der Waals surface area contributed by atoms with Gasteiger partial charge in [-0.05, 0) is 51.3 Å². The number of hydrogen-bond donors (Lipinski definition) is 1. The average molecular weight is 451 g/mol. The van der Waals surface area contributed by atoms with Crippen molar-refractivity contribution in [3.8, 4) is 0 Å². The molecule has 178 valence electrons. The van der Waals surface area contributed by atoms with Crippen LogP contribution in [0.4, 0.5) is 10.6 Å². The van der Waals surface area contributed by atoms with Crippen molar-refractivity contribution >= 4 is 35.6 Å². The molecule has 7 nitrogen and oxygen atoms in total. The molecule has 2 aromatic rings. The predicted octanol–water partition coefficient (Wildman–Crippen LogP) is 2.44. The fraction of sp³-hybridized carbons (Fsp3) is 0.600. The molecule has 33 heavy (non-hydrogen) atoms. The van der Waals surface area contributed by atoms with E-state index in [0.717, 1.165) is 71.5 Å². The van der Waals surface area contributed by atoms with E-state index in [1.165, 1.54) is 16.4 Å². The SMILES string of the molecule is CBc1ccc2c(CN3CCN(C4CCN(C(=O)OC(C)(C)C)CC4)CC3)cc(N)nc2c1. The van der Waals surface area contributed by atoms with Crippen molar-refractivity contribution in [2.45, 2.75) is 58.6 Å². The molecule has 4 rings (SSSR count). The number of piperazine rings is 1. The Bertz CT molecular complexity index is 977. The van der Waals surface area contributed by atoms with E-state index in [1.54, 1.807) is 0 Å². The van der Waals surface area contributed by atoms with Gasteiger partial charge in [0, 0.05) is 57.2 Å². The maximum atomic E-state index is 12.3. The van der Waals surface area contributed by atoms with Gasteiger partial charge >= 0.3 is 6.09 Å². The number of likely N-dealkylation sites (tertiary alicyclic amines) is 1. The summed E-state index contributed by atoms with van der Waals surface area (Å²) in [6.07, 6.45) is 1.86. The van der Waals surface area contributed by atoms with E-state index in [9.17, 15) is 4.79 Å². The molecular weight excluding hydrogens is 413 g/mol. The van der Waals surface area contributed by atoms with Crippen LogP contribution in [-0.4, -0.2) is 84.0 Å². The Hall–Kier alpha value is -2.32. The maximum Gasteiger partial charge on any atom is 0.410 e. The number of piperidine rings is 1. The summed E-state index contributed by atoms with van der Waals surface area (Å²) >= 11 is 0. The number of carbonyl (C=O) groups excluding carboxylic acids is 1. The predicted molar refractivity (Wildman–Crippen MR) is 136 cm³/mol. The first-order valence-corrected chi connectivity index (χ1v) is 12.3. The molecule has 0 radical (unpaired) electrons. The fourth-order valence-corrected chi connectivity index (χ4v) is 4.99. The second kappa shape index (κ2) is 9.89. The summed E-state index contributed by atoms with van der Waals surface area (Å²) in [7, 11) is 1.00. The minimum Gasteiger partial charge on any atom is -0.444 e. The highest BCUT2D eigenvalue weighted by Gasteiger charge is 2.31. The number of nitrogen functional groups attached to an aromatic ring is 1. The van der Waals surface area contributed by atoms with Gasteiger partial charge in [0.25, 0.3) is 0 Å². The third kappa shape index (κ3) is 5.98. The summed E-state index contributed by atoms with van der Waals surface area (Å²) in [6, 6.07) is 9.15. The molecular formula is C25H38BN5O2. The monoisotopic (exact) mass is 451 g/mol. The number of nitrogens with zero attached hydrogens (tertiary/aromatic N) is 4. The van der Waals surface area contributed by atoms with E-state index in [0.29, 0.717) is 11.9 Å². The van der Waals surface area contributed by atoms with Crippen molar-refractivity contribution in [1.82, 2.24) is 19.7 Å². The zero-order chi connectivity index (χ0) is 23.6. The topological polar surface area (TPSA) is 74.9 Å². The number of aromatic nitrogens is 1. The van der Waals surface area contributed by atoms with E-state index < -0.39 is 5.60 Å². The Balaban J connectivity index is 1.30. The third-order valence-electron chi connectivity index (χ3n) is 6.82. The summed E-state index contributed by atoms with van der Waals surface area (Å²) < 4.78 is 5.53. The molecule has 1 aromatic carbocycles. The standard InChI is InChI=1S/C25H38BN5O2/c1-25(2,3)33-24(32)31-9-7-20(8-10-31)30-13-11-29(12-14-30)17-18-15-23(27)28-22-16-19(26-4)5-6-21(18)22/h5-6,15-16,20,26H,7-14,17H2,1-4H3,(H2,27,28). The molecule has 2 saturated heterocycles. The van der Waals surface area contributed by atoms with Crippen molar-refractivity contribution in [2.24, 2.45) is 0 Å². The minimum atomic E-state index is -0.437. The van der Waals surface area contributed by atoms with Gasteiger partial charge in [-0.2, -0.15) is 0 Å². The smallest absolute Gasteiger partial charge is 0.410 e. The first-order valence-electron chi connectivity index (χ1n) is 12.3. The highest BCUT2D eigenvalue weighted by molar-refractivity contribution is 6.52. The first-order chi connectivity index (χ1) is 15.7. The van der Waals surface area contributed by atoms with Crippen LogP contribution in [0.5, 0.6) is 0 Å². The van der Waals surface area contributed by atoms with Crippen LogP contribution in [0.25, 0.3) is 10.9 Å². The number of nitrogens with two attached hydrogens (primary N) is 1. The number of carbonyl (C=O) groups is 1. The van der Waals surface area contributed by atoms with Crippen LogP contribution >= 0.6 is 0 Å². The van der Waals surface area contributed by atoms with Crippen LogP contribution < -0.4 is 11.2 Å². The van der Waals surface area contributed by atoms with Crippen LogP contribution in [0.15, 0.2) is 24.3 Å². The number of rotatable bonds is 4. The number of ether oxygens (including phenoxy) is 1. The highest BCUT2D eigenvalue weighted by Crippen LogP contribution is 2.23. The van der Waals surface area contributed by atoms with Crippen LogP contribution in [0.3, 0.4) is 0 Å². The summed E-state index contributed by atoms with van der Waals surface area (Å²) in [4.78, 5) is 23.9. The number of hydrogen-bond acceptors (Lipinski definition) is 6. The van der Waals surface area contributed by atoms with Crippen molar-refractivity contribution < 1.29 is 9.53 Å². The lowest BCUT2D eigenvalue weighted by Gasteiger charge is -2.43. The van der Waals surface area contributed by atoms with E-state index in [1.807, 2.05) is 31.7 Å². The van der Waals surface area contributed by atoms with Crippen LogP contribution in [0.1, 0.15) is 39.2 Å². The average Bonchev–Trinajstić information content (AvgIpc) is 2.78. The Kier molecular flexibility index (Phi) is 7.15. The summed E-state index contributed by atoms with van der Waals surface area (Å²) in [5.74, 6) is 0.598. The number of amides is 1. The Morgan fingerprint density at radius 1 is 1.12 bits per heavy atom. The summed E-state index contributed by atoms with van der Waals surface area (Å²) in [5.41, 5.74) is 9.25. The molecule has 3 heterocycles. The van der Waals surface area contributed by atoms with Crippen molar-refractivity contribution in [2.75, 3.05) is 45.0 Å². The number of anilines is 1. The molecule has 0 saturated carbocycles. The fourth-order valence-electron chi connectivity index (χ4n) is 4.99. The molecule has 1 amide bonds. The Labute approximate surface area is 198 Å². The normalized spacial score (nSPS) is 19.1. The summed E-state index contributed by atoms with van der Waals surface area (Å²) in [5, 5.41) is 1.21. The van der Waals surface area contributed by atoms with Gasteiger partial charge in [-0.3, -0.25) is 9.80 Å². The van der Waals surface area contributed by atoms with Crippen LogP contribution in [-0.2, 0) is 11.3 Å². The van der Waals surface area contributed by atoms with E-state index in [2.05, 4.69) is 39.8 Å². The second-order valence-electron chi connectivity index (χ2n) is 10.4. The van der Waals surface area contributed by atoms with Gasteiger partial charge in [-0.1, -0.05) is 24.4 Å². The molecule has 0 spiro atoms. The lowest BCUT2D eigenvalue weighted by molar-refractivity contribution is 0.00970. The molecule has 8 heteroatoms. The highest BCUT2D eigenvalue weighted by atomic mass is 16.6. The van der Waals surface area contributed by atoms with Gasteiger partial charge in [0.15, 0.2) is 7.28 Å². The quantitative estimate of drug-likeness (QED) is 0.720. The molecule has 1 aromatic heterocycles. The van der Waals surface area contributed by atoms with Gasteiger partial charge in [0.1, 0.15) is 11.4 Å². The van der Waals surface area contributed by atoms with Gasteiger partial charge < -0.3 is 15.4 Å². The zero-order valence-electron chi connectivity index (χ0n) is 20.6. The lowest BCUT2D eigenvalue weighted by Crippen LogP contribution is -2.53. The number of fused-ring (bicyclic) bond motifs is 1. The molecule has 2 N–H and O–H groups in total. The Morgan fingerprint density at radius 3 is 2.45 bits per heavy atom. The van der Waals surface area contributed by atoms with Crippen molar-refractivity contribution in [3.05, 3.63) is 29.8 Å². The molecule has 2 aliphatic rings. The molecule has 0 aliphatic carbocycles. The lowest BCUT2D eigenvalue weighted by atomic mass is 9.73. The van der Waals surface area contributed by atoms with E-state index in [4.69, 9.17) is 10.5 Å². The molecule has 2 aliphatic heterocycles. The van der Waals surface area contributed by atoms with Crippen LogP contribution in [0.2, 0.25) is 6.82 Å². The van der Waals surface area contributed by atoms with Crippen molar-refractivity contribution in [1.29, 1.82) is 0 Å². The van der Waals surface area contributed by atoms with Gasteiger partial charge in [-0.15, -0.1) is 0 Å². The minimum absolute atomic E-state index is 0.180. The molecule has 0 bridgehead atoms. The van der Waals surface area contributed by atoms with Gasteiger partial charge in [0.2, 0.25) is 0 Å². The first kappa shape index (κ1) is 23.8. The zero-order valence-corrected chi connectivity index (χ0v) is 20.6. The molecule has 0 atom stereocenters. The second-order valence-corrected chi connectivity index (χ2v) is 10.4.